The maximum Gasteiger partial charge on any atom is 0.270 e. The summed E-state index contributed by atoms with van der Waals surface area (Å²) in [5.74, 6) is 0.764. The zero-order chi connectivity index (χ0) is 46.6. The first kappa shape index (κ1) is 46.5. The largest absolute Gasteiger partial charge is 0.489 e. The molecular formula is C49H62FN9O7S. The number of pyridine rings is 1. The average molecular weight is 940 g/mol. The Labute approximate surface area is 394 Å². The van der Waals surface area contributed by atoms with Crippen LogP contribution in [0.25, 0.3) is 21.1 Å². The van der Waals surface area contributed by atoms with Gasteiger partial charge in [0.25, 0.3) is 11.8 Å². The second-order valence-electron chi connectivity index (χ2n) is 18.7. The van der Waals surface area contributed by atoms with Crippen LogP contribution in [0.5, 0.6) is 11.6 Å². The number of thiophene rings is 1. The highest BCUT2D eigenvalue weighted by Gasteiger charge is 2.39. The van der Waals surface area contributed by atoms with Gasteiger partial charge in [-0.1, -0.05) is 19.3 Å². The maximum atomic E-state index is 14.6. The van der Waals surface area contributed by atoms with E-state index in [4.69, 9.17) is 14.0 Å². The van der Waals surface area contributed by atoms with Gasteiger partial charge in [0.05, 0.1) is 28.8 Å². The Bertz CT molecular complexity index is 2550. The SMILES string of the molecule is CN[C@@H](C)C(=O)N[C@H](C(=O)N1CCN(C(=O)c2cc3cc(F)ccc3n2CC(=O)N2CCC[C@H]2COc2cc(CN3CCC(Oc4ccnc5ccsc45)CC3)on2)[C@@H](C)C1)C1CCCCC1. The number of likely N-dealkylation sites (N-methyl/N-ethyl adjacent to an activating group) is 1. The fraction of sp³-hybridized carbons (Fsp3) is 0.551. The second-order valence-corrected chi connectivity index (χ2v) is 19.6. The average Bonchev–Trinajstić information content (AvgIpc) is 4.18. The van der Waals surface area contributed by atoms with Crippen LogP contribution in [0, 0.1) is 11.7 Å². The Balaban J connectivity index is 0.804. The third-order valence-corrected chi connectivity index (χ3v) is 15.2. The van der Waals surface area contributed by atoms with E-state index in [0.29, 0.717) is 48.7 Å². The number of halogens is 1. The lowest BCUT2D eigenvalue weighted by atomic mass is 9.83. The summed E-state index contributed by atoms with van der Waals surface area (Å²) in [6, 6.07) is 10.1. The van der Waals surface area contributed by atoms with E-state index in [9.17, 15) is 23.6 Å². The van der Waals surface area contributed by atoms with Crippen LogP contribution in [0.3, 0.4) is 0 Å². The molecule has 18 heteroatoms. The highest BCUT2D eigenvalue weighted by molar-refractivity contribution is 7.17. The Morgan fingerprint density at radius 3 is 2.55 bits per heavy atom. The lowest BCUT2D eigenvalue weighted by Crippen LogP contribution is -2.61. The zero-order valence-electron chi connectivity index (χ0n) is 38.7. The van der Waals surface area contributed by atoms with Crippen molar-refractivity contribution in [3.05, 3.63) is 71.3 Å². The number of piperidine rings is 1. The number of nitrogens with zero attached hydrogens (tertiary/aromatic N) is 7. The summed E-state index contributed by atoms with van der Waals surface area (Å²) in [6.45, 7) is 7.50. The number of likely N-dealkylation sites (tertiary alicyclic amines) is 2. The molecule has 16 nitrogen and oxygen atoms in total. The van der Waals surface area contributed by atoms with E-state index in [1.165, 1.54) is 12.1 Å². The standard InChI is InChI=1S/C49H62FN9O7S/c1-31-27-56(49(63)45(33-8-5-4-6-9-33)53-47(61)32(2)51-3)21-22-57(31)48(62)41-25-34-24-35(50)11-12-40(34)59(41)29-44(60)58-18-7-10-36(58)30-64-43-26-38(66-54-43)28-55-19-14-37(15-20-55)65-42-13-17-52-39-16-23-67-46(39)42/h11-13,16-17,23-26,31-33,36-37,45,51H,4-10,14-15,18-22,27-30H2,1-3H3,(H,53,61)/t31-,32-,36-,45-/m0/s1. The highest BCUT2D eigenvalue weighted by atomic mass is 32.1. The van der Waals surface area contributed by atoms with Crippen LogP contribution in [-0.4, -0.2) is 141 Å². The van der Waals surface area contributed by atoms with E-state index in [-0.39, 0.29) is 73.1 Å². The number of benzene rings is 1. The number of ether oxygens (including phenoxy) is 2. The van der Waals surface area contributed by atoms with Gasteiger partial charge in [-0.2, -0.15) is 0 Å². The number of hydrogen-bond donors (Lipinski definition) is 2. The summed E-state index contributed by atoms with van der Waals surface area (Å²) in [5, 5.41) is 12.8. The van der Waals surface area contributed by atoms with E-state index in [0.717, 1.165) is 86.8 Å². The van der Waals surface area contributed by atoms with Crippen molar-refractivity contribution in [2.24, 2.45) is 5.92 Å². The molecule has 3 saturated heterocycles. The van der Waals surface area contributed by atoms with Crippen molar-refractivity contribution >= 4 is 56.1 Å². The number of amides is 4. The van der Waals surface area contributed by atoms with E-state index >= 15 is 0 Å². The second kappa shape index (κ2) is 20.7. The molecule has 4 amide bonds. The van der Waals surface area contributed by atoms with Gasteiger partial charge < -0.3 is 43.9 Å². The van der Waals surface area contributed by atoms with Gasteiger partial charge in [-0.05, 0) is 112 Å². The Morgan fingerprint density at radius 1 is 0.940 bits per heavy atom. The number of fused-ring (bicyclic) bond motifs is 2. The van der Waals surface area contributed by atoms with E-state index in [2.05, 4.69) is 25.7 Å². The zero-order valence-corrected chi connectivity index (χ0v) is 39.5. The predicted octanol–water partition coefficient (Wildman–Crippen LogP) is 5.84. The van der Waals surface area contributed by atoms with Crippen molar-refractivity contribution in [2.75, 3.05) is 52.9 Å². The summed E-state index contributed by atoms with van der Waals surface area (Å²) in [6.07, 6.45) is 10.2. The molecule has 2 N–H and O–H groups in total. The molecule has 7 heterocycles. The first-order chi connectivity index (χ1) is 32.5. The van der Waals surface area contributed by atoms with Crippen LogP contribution in [0.1, 0.15) is 87.9 Å². The van der Waals surface area contributed by atoms with E-state index < -0.39 is 17.9 Å². The highest BCUT2D eigenvalue weighted by Crippen LogP contribution is 2.33. The van der Waals surface area contributed by atoms with E-state index in [1.54, 1.807) is 62.9 Å². The summed E-state index contributed by atoms with van der Waals surface area (Å²) >= 11 is 1.64. The third-order valence-electron chi connectivity index (χ3n) is 14.3. The molecule has 358 valence electrons. The smallest absolute Gasteiger partial charge is 0.270 e. The van der Waals surface area contributed by atoms with E-state index in [1.807, 2.05) is 30.5 Å². The Kier molecular flexibility index (Phi) is 14.4. The normalized spacial score (nSPS) is 20.9. The molecular weight excluding hydrogens is 878 g/mol. The molecule has 0 spiro atoms. The summed E-state index contributed by atoms with van der Waals surface area (Å²) in [5.41, 5.74) is 1.81. The molecule has 0 bridgehead atoms. The molecule has 1 saturated carbocycles. The molecule has 4 fully saturated rings. The van der Waals surface area contributed by atoms with Crippen molar-refractivity contribution in [2.45, 2.75) is 115 Å². The van der Waals surface area contributed by atoms with Gasteiger partial charge in [-0.25, -0.2) is 4.39 Å². The Hall–Kier alpha value is -5.59. The third kappa shape index (κ3) is 10.5. The van der Waals surface area contributed by atoms with Crippen LogP contribution in [0.4, 0.5) is 4.39 Å². The monoisotopic (exact) mass is 939 g/mol. The summed E-state index contributed by atoms with van der Waals surface area (Å²) in [4.78, 5) is 68.0. The molecule has 4 aliphatic rings. The lowest BCUT2D eigenvalue weighted by Gasteiger charge is -2.42. The molecule has 4 atom stereocenters. The van der Waals surface area contributed by atoms with Gasteiger partial charge in [-0.3, -0.25) is 29.1 Å². The number of carbonyl (C=O) groups excluding carboxylic acids is 4. The molecule has 1 aromatic carbocycles. The van der Waals surface area contributed by atoms with Crippen molar-refractivity contribution in [3.8, 4) is 11.6 Å². The number of carbonyl (C=O) groups is 4. The fourth-order valence-corrected chi connectivity index (χ4v) is 11.2. The molecule has 3 aliphatic heterocycles. The quantitative estimate of drug-likeness (QED) is 0.130. The van der Waals surface area contributed by atoms with Gasteiger partial charge >= 0.3 is 0 Å². The first-order valence-electron chi connectivity index (χ1n) is 24.0. The number of aromatic nitrogens is 3. The Morgan fingerprint density at radius 2 is 1.76 bits per heavy atom. The molecule has 5 aromatic rings. The lowest BCUT2D eigenvalue weighted by molar-refractivity contribution is -0.140. The minimum Gasteiger partial charge on any atom is -0.489 e. The van der Waals surface area contributed by atoms with Gasteiger partial charge in [0.1, 0.15) is 42.6 Å². The topological polar surface area (TPSA) is 168 Å². The molecule has 67 heavy (non-hydrogen) atoms. The number of hydrogen-bond acceptors (Lipinski definition) is 12. The molecule has 0 unspecified atom stereocenters. The number of nitrogens with one attached hydrogen (secondary N) is 2. The summed E-state index contributed by atoms with van der Waals surface area (Å²) in [7, 11) is 1.72. The predicted molar refractivity (Wildman–Crippen MR) is 251 cm³/mol. The van der Waals surface area contributed by atoms with Gasteiger partial charge in [0.15, 0.2) is 5.76 Å². The van der Waals surface area contributed by atoms with Crippen LogP contribution in [0.15, 0.2) is 58.6 Å². The van der Waals surface area contributed by atoms with Gasteiger partial charge in [0, 0.05) is 68.5 Å². The van der Waals surface area contributed by atoms with Crippen molar-refractivity contribution in [3.63, 3.8) is 0 Å². The maximum absolute atomic E-state index is 14.6. The van der Waals surface area contributed by atoms with Gasteiger partial charge in [0.2, 0.25) is 17.7 Å². The number of rotatable bonds is 15. The molecule has 9 rings (SSSR count). The summed E-state index contributed by atoms with van der Waals surface area (Å²) < 4.78 is 35.6. The van der Waals surface area contributed by atoms with Crippen molar-refractivity contribution in [1.82, 2.24) is 44.9 Å². The van der Waals surface area contributed by atoms with Crippen LogP contribution < -0.4 is 20.1 Å². The van der Waals surface area contributed by atoms with Crippen LogP contribution >= 0.6 is 11.3 Å². The molecule has 1 aliphatic carbocycles. The number of piperazine rings is 1. The van der Waals surface area contributed by atoms with Gasteiger partial charge in [-0.15, -0.1) is 11.3 Å². The van der Waals surface area contributed by atoms with Crippen LogP contribution in [0.2, 0.25) is 0 Å². The molecule has 0 radical (unpaired) electrons. The minimum absolute atomic E-state index is 0.0535. The van der Waals surface area contributed by atoms with Crippen LogP contribution in [-0.2, 0) is 27.5 Å². The minimum atomic E-state index is -0.632. The fourth-order valence-electron chi connectivity index (χ4n) is 10.4. The van der Waals surface area contributed by atoms with Crippen molar-refractivity contribution < 1.29 is 37.6 Å². The first-order valence-corrected chi connectivity index (χ1v) is 24.9. The van der Waals surface area contributed by atoms with Crippen molar-refractivity contribution in [1.29, 1.82) is 0 Å². The molecule has 4 aromatic heterocycles.